The first-order chi connectivity index (χ1) is 13.3. The van der Waals surface area contributed by atoms with E-state index in [-0.39, 0.29) is 16.9 Å². The molecule has 1 aliphatic heterocycles. The highest BCUT2D eigenvalue weighted by Gasteiger charge is 2.35. The van der Waals surface area contributed by atoms with Gasteiger partial charge in [-0.25, -0.2) is 0 Å². The lowest BCUT2D eigenvalue weighted by atomic mass is 10.1. The third-order valence-corrected chi connectivity index (χ3v) is 4.27. The normalized spacial score (nSPS) is 14.6. The molecule has 1 N–H and O–H groups in total. The van der Waals surface area contributed by atoms with Gasteiger partial charge in [-0.1, -0.05) is 0 Å². The Morgan fingerprint density at radius 1 is 1.11 bits per heavy atom. The monoisotopic (exact) mass is 395 g/mol. The van der Waals surface area contributed by atoms with Crippen LogP contribution in [0.4, 0.5) is 30.2 Å². The molecule has 0 spiro atoms. The highest BCUT2D eigenvalue weighted by atomic mass is 19.4. The number of carbonyl (C=O) groups excluding carboxylic acids is 1. The van der Waals surface area contributed by atoms with Gasteiger partial charge in [-0.3, -0.25) is 14.9 Å². The van der Waals surface area contributed by atoms with Gasteiger partial charge >= 0.3 is 6.18 Å². The molecule has 0 unspecified atom stereocenters. The lowest BCUT2D eigenvalue weighted by molar-refractivity contribution is -0.384. The van der Waals surface area contributed by atoms with Gasteiger partial charge in [0.15, 0.2) is 0 Å². The summed E-state index contributed by atoms with van der Waals surface area (Å²) < 4.78 is 45.8. The largest absolute Gasteiger partial charge is 0.418 e. The third kappa shape index (κ3) is 4.39. The molecule has 3 rings (SSSR count). The number of halogens is 3. The molecule has 0 radical (unpaired) electrons. The first-order valence-corrected chi connectivity index (χ1v) is 8.35. The van der Waals surface area contributed by atoms with Gasteiger partial charge in [0, 0.05) is 36.5 Å². The molecule has 148 valence electrons. The zero-order valence-electron chi connectivity index (χ0n) is 14.5. The molecule has 2 aromatic carbocycles. The van der Waals surface area contributed by atoms with Gasteiger partial charge in [-0.05, 0) is 30.3 Å². The number of ether oxygens (including phenoxy) is 1. The number of nitro groups is 1. The van der Waals surface area contributed by atoms with Crippen molar-refractivity contribution in [3.8, 4) is 0 Å². The number of benzene rings is 2. The molecule has 0 atom stereocenters. The van der Waals surface area contributed by atoms with Crippen molar-refractivity contribution in [2.75, 3.05) is 36.5 Å². The second kappa shape index (κ2) is 7.85. The molecule has 0 saturated carbocycles. The first-order valence-electron chi connectivity index (χ1n) is 8.35. The zero-order chi connectivity index (χ0) is 20.3. The smallest absolute Gasteiger partial charge is 0.378 e. The Kier molecular flexibility index (Phi) is 5.50. The van der Waals surface area contributed by atoms with Crippen LogP contribution in [0.5, 0.6) is 0 Å². The van der Waals surface area contributed by atoms with E-state index in [1.807, 2.05) is 0 Å². The van der Waals surface area contributed by atoms with Crippen molar-refractivity contribution in [1.82, 2.24) is 0 Å². The molecular formula is C18H16F3N3O4. The van der Waals surface area contributed by atoms with Crippen LogP contribution in [0.25, 0.3) is 0 Å². The van der Waals surface area contributed by atoms with Crippen molar-refractivity contribution in [1.29, 1.82) is 0 Å². The van der Waals surface area contributed by atoms with Crippen molar-refractivity contribution in [2.24, 2.45) is 0 Å². The van der Waals surface area contributed by atoms with E-state index in [1.165, 1.54) is 24.3 Å². The second-order valence-electron chi connectivity index (χ2n) is 6.09. The second-order valence-corrected chi connectivity index (χ2v) is 6.09. The van der Waals surface area contributed by atoms with Crippen LogP contribution in [0.15, 0.2) is 42.5 Å². The number of non-ortho nitro benzene ring substituents is 1. The van der Waals surface area contributed by atoms with Crippen LogP contribution in [-0.2, 0) is 10.9 Å². The molecule has 1 aliphatic rings. The van der Waals surface area contributed by atoms with Crippen LogP contribution in [0, 0.1) is 10.1 Å². The number of alkyl halides is 3. The van der Waals surface area contributed by atoms with Crippen molar-refractivity contribution in [3.63, 3.8) is 0 Å². The molecule has 1 amide bonds. The molecule has 0 aliphatic carbocycles. The summed E-state index contributed by atoms with van der Waals surface area (Å²) in [6.45, 7) is 1.82. The number of anilines is 2. The lowest BCUT2D eigenvalue weighted by Crippen LogP contribution is -2.36. The molecule has 0 aromatic heterocycles. The molecule has 10 heteroatoms. The number of nitro benzene ring substituents is 1. The van der Waals surface area contributed by atoms with E-state index in [0.717, 1.165) is 18.2 Å². The molecule has 1 fully saturated rings. The highest BCUT2D eigenvalue weighted by molar-refractivity contribution is 6.05. The maximum atomic E-state index is 13.5. The Morgan fingerprint density at radius 3 is 2.32 bits per heavy atom. The fourth-order valence-electron chi connectivity index (χ4n) is 2.82. The van der Waals surface area contributed by atoms with Crippen molar-refractivity contribution in [3.05, 3.63) is 63.7 Å². The summed E-state index contributed by atoms with van der Waals surface area (Å²) in [6, 6.07) is 8.30. The molecular weight excluding hydrogens is 379 g/mol. The van der Waals surface area contributed by atoms with Crippen molar-refractivity contribution in [2.45, 2.75) is 6.18 Å². The van der Waals surface area contributed by atoms with Gasteiger partial charge in [-0.15, -0.1) is 0 Å². The van der Waals surface area contributed by atoms with Gasteiger partial charge in [0.05, 0.1) is 29.4 Å². The van der Waals surface area contributed by atoms with Crippen LogP contribution < -0.4 is 10.2 Å². The number of rotatable bonds is 4. The lowest BCUT2D eigenvalue weighted by Gasteiger charge is -2.29. The standard InChI is InChI=1S/C18H16F3N3O4/c19-18(20,21)15-11-14(23-7-9-28-10-8-23)5-6-16(15)22-17(25)12-1-3-13(4-2-12)24(26)27/h1-6,11H,7-10H2,(H,22,25). The maximum Gasteiger partial charge on any atom is 0.418 e. The van der Waals surface area contributed by atoms with Crippen LogP contribution in [0.3, 0.4) is 0 Å². The van der Waals surface area contributed by atoms with E-state index in [4.69, 9.17) is 4.74 Å². The number of nitrogens with zero attached hydrogens (tertiary/aromatic N) is 2. The van der Waals surface area contributed by atoms with Crippen molar-refractivity contribution < 1.29 is 27.6 Å². The predicted octanol–water partition coefficient (Wildman–Crippen LogP) is 3.70. The van der Waals surface area contributed by atoms with Gasteiger partial charge in [0.2, 0.25) is 0 Å². The minimum Gasteiger partial charge on any atom is -0.378 e. The fourth-order valence-corrected chi connectivity index (χ4v) is 2.82. The Hall–Kier alpha value is -3.14. The Balaban J connectivity index is 1.85. The Bertz CT molecular complexity index is 879. The summed E-state index contributed by atoms with van der Waals surface area (Å²) in [4.78, 5) is 24.1. The number of morpholine rings is 1. The van der Waals surface area contributed by atoms with Gasteiger partial charge in [-0.2, -0.15) is 13.2 Å². The number of hydrogen-bond donors (Lipinski definition) is 1. The number of amides is 1. The predicted molar refractivity (Wildman–Crippen MR) is 95.5 cm³/mol. The van der Waals surface area contributed by atoms with E-state index >= 15 is 0 Å². The summed E-state index contributed by atoms with van der Waals surface area (Å²) >= 11 is 0. The summed E-state index contributed by atoms with van der Waals surface area (Å²) in [5.74, 6) is -0.792. The van der Waals surface area contributed by atoms with Gasteiger partial charge < -0.3 is 15.0 Å². The first kappa shape index (κ1) is 19.6. The summed E-state index contributed by atoms with van der Waals surface area (Å²) in [5.41, 5.74) is -1.16. The maximum absolute atomic E-state index is 13.5. The average molecular weight is 395 g/mol. The Labute approximate surface area is 157 Å². The van der Waals surface area contributed by atoms with E-state index < -0.39 is 22.6 Å². The summed E-state index contributed by atoms with van der Waals surface area (Å²) in [6.07, 6.45) is -4.67. The minimum atomic E-state index is -4.67. The van der Waals surface area contributed by atoms with Gasteiger partial charge in [0.1, 0.15) is 0 Å². The molecule has 7 nitrogen and oxygen atoms in total. The molecule has 1 heterocycles. The SMILES string of the molecule is O=C(Nc1ccc(N2CCOCC2)cc1C(F)(F)F)c1ccc([N+](=O)[O-])cc1. The third-order valence-electron chi connectivity index (χ3n) is 4.27. The van der Waals surface area contributed by atoms with Crippen LogP contribution in [-0.4, -0.2) is 37.1 Å². The number of carbonyl (C=O) groups is 1. The van der Waals surface area contributed by atoms with E-state index in [0.29, 0.717) is 32.0 Å². The highest BCUT2D eigenvalue weighted by Crippen LogP contribution is 2.37. The van der Waals surface area contributed by atoms with E-state index in [1.54, 1.807) is 4.90 Å². The summed E-state index contributed by atoms with van der Waals surface area (Å²) in [5, 5.41) is 12.9. The quantitative estimate of drug-likeness (QED) is 0.630. The minimum absolute atomic E-state index is 0.0102. The average Bonchev–Trinajstić information content (AvgIpc) is 2.68. The summed E-state index contributed by atoms with van der Waals surface area (Å²) in [7, 11) is 0. The molecule has 1 saturated heterocycles. The number of nitrogens with one attached hydrogen (secondary N) is 1. The van der Waals surface area contributed by atoms with Crippen LogP contribution in [0.1, 0.15) is 15.9 Å². The fraction of sp³-hybridized carbons (Fsp3) is 0.278. The topological polar surface area (TPSA) is 84.7 Å². The Morgan fingerprint density at radius 2 is 1.75 bits per heavy atom. The van der Waals surface area contributed by atoms with Crippen molar-refractivity contribution >= 4 is 23.0 Å². The number of hydrogen-bond acceptors (Lipinski definition) is 5. The molecule has 28 heavy (non-hydrogen) atoms. The van der Waals surface area contributed by atoms with Crippen LogP contribution >= 0.6 is 0 Å². The van der Waals surface area contributed by atoms with E-state index in [9.17, 15) is 28.1 Å². The van der Waals surface area contributed by atoms with Crippen LogP contribution in [0.2, 0.25) is 0 Å². The van der Waals surface area contributed by atoms with E-state index in [2.05, 4.69) is 5.32 Å². The molecule has 2 aromatic rings. The van der Waals surface area contributed by atoms with Gasteiger partial charge in [0.25, 0.3) is 11.6 Å². The zero-order valence-corrected chi connectivity index (χ0v) is 14.5. The molecule has 0 bridgehead atoms.